The van der Waals surface area contributed by atoms with E-state index in [4.69, 9.17) is 4.74 Å². The summed E-state index contributed by atoms with van der Waals surface area (Å²) in [6.45, 7) is 0. The Kier molecular flexibility index (Phi) is 3.54. The van der Waals surface area contributed by atoms with Gasteiger partial charge in [-0.15, -0.1) is 0 Å². The maximum absolute atomic E-state index is 12.9. The molecule has 1 aliphatic carbocycles. The zero-order valence-corrected chi connectivity index (χ0v) is 11.3. The maximum Gasteiger partial charge on any atom is 0.237 e. The molecular weight excluding hydrogens is 255 g/mol. The molecule has 1 aromatic heterocycles. The minimum absolute atomic E-state index is 0.178. The van der Waals surface area contributed by atoms with Crippen molar-refractivity contribution in [2.24, 2.45) is 0 Å². The van der Waals surface area contributed by atoms with Crippen LogP contribution in [0.3, 0.4) is 0 Å². The average molecular weight is 272 g/mol. The fourth-order valence-electron chi connectivity index (χ4n) is 2.63. The van der Waals surface area contributed by atoms with Crippen LogP contribution in [0.15, 0.2) is 42.6 Å². The number of nitrogens with zero attached hydrogens (tertiary/aromatic N) is 1. The molecule has 1 N–H and O–H groups in total. The molecule has 0 aliphatic heterocycles. The summed E-state index contributed by atoms with van der Waals surface area (Å²) in [5.41, 5.74) is 2.14. The van der Waals surface area contributed by atoms with Gasteiger partial charge in [-0.25, -0.2) is 9.37 Å². The molecule has 1 heterocycles. The van der Waals surface area contributed by atoms with Gasteiger partial charge < -0.3 is 10.1 Å². The van der Waals surface area contributed by atoms with Crippen molar-refractivity contribution in [3.63, 3.8) is 0 Å². The first kappa shape index (κ1) is 12.9. The molecule has 0 radical (unpaired) electrons. The SMILES string of the molecule is COc1ncccc1NC1CC(c2ccc(F)cc2)C1. The van der Waals surface area contributed by atoms with E-state index in [2.05, 4.69) is 10.3 Å². The van der Waals surface area contributed by atoms with E-state index in [-0.39, 0.29) is 5.82 Å². The fourth-order valence-corrected chi connectivity index (χ4v) is 2.63. The lowest BCUT2D eigenvalue weighted by atomic mass is 9.76. The summed E-state index contributed by atoms with van der Waals surface area (Å²) < 4.78 is 18.1. The third-order valence-corrected chi connectivity index (χ3v) is 3.80. The summed E-state index contributed by atoms with van der Waals surface area (Å²) in [7, 11) is 1.62. The molecule has 104 valence electrons. The summed E-state index contributed by atoms with van der Waals surface area (Å²) in [5, 5.41) is 3.45. The van der Waals surface area contributed by atoms with E-state index in [9.17, 15) is 4.39 Å². The van der Waals surface area contributed by atoms with Crippen LogP contribution in [0, 0.1) is 5.82 Å². The van der Waals surface area contributed by atoms with Gasteiger partial charge in [-0.1, -0.05) is 12.1 Å². The summed E-state index contributed by atoms with van der Waals surface area (Å²) in [5.74, 6) is 0.955. The first-order valence-corrected chi connectivity index (χ1v) is 6.77. The van der Waals surface area contributed by atoms with Gasteiger partial charge in [-0.05, 0) is 48.6 Å². The number of benzene rings is 1. The minimum Gasteiger partial charge on any atom is -0.480 e. The van der Waals surface area contributed by atoms with E-state index >= 15 is 0 Å². The number of rotatable bonds is 4. The van der Waals surface area contributed by atoms with Crippen LogP contribution in [0.4, 0.5) is 10.1 Å². The maximum atomic E-state index is 12.9. The molecule has 0 spiro atoms. The van der Waals surface area contributed by atoms with Crippen LogP contribution < -0.4 is 10.1 Å². The van der Waals surface area contributed by atoms with Gasteiger partial charge in [0, 0.05) is 12.2 Å². The van der Waals surface area contributed by atoms with Crippen molar-refractivity contribution in [3.05, 3.63) is 54.0 Å². The molecule has 2 aromatic rings. The lowest BCUT2D eigenvalue weighted by Crippen LogP contribution is -2.34. The predicted octanol–water partition coefficient (Wildman–Crippen LogP) is 3.59. The first-order valence-electron chi connectivity index (χ1n) is 6.77. The zero-order chi connectivity index (χ0) is 13.9. The number of halogens is 1. The van der Waals surface area contributed by atoms with Crippen molar-refractivity contribution < 1.29 is 9.13 Å². The zero-order valence-electron chi connectivity index (χ0n) is 11.3. The number of ether oxygens (including phenoxy) is 1. The second-order valence-electron chi connectivity index (χ2n) is 5.12. The van der Waals surface area contributed by atoms with Crippen LogP contribution in [0.2, 0.25) is 0 Å². The third kappa shape index (κ3) is 2.59. The molecule has 4 heteroatoms. The Morgan fingerprint density at radius 3 is 2.65 bits per heavy atom. The van der Waals surface area contributed by atoms with Crippen molar-refractivity contribution in [1.82, 2.24) is 4.98 Å². The molecule has 0 bridgehead atoms. The normalized spacial score (nSPS) is 21.1. The highest BCUT2D eigenvalue weighted by Crippen LogP contribution is 2.39. The second-order valence-corrected chi connectivity index (χ2v) is 5.12. The van der Waals surface area contributed by atoms with E-state index in [1.165, 1.54) is 17.7 Å². The largest absolute Gasteiger partial charge is 0.480 e. The van der Waals surface area contributed by atoms with Gasteiger partial charge in [0.05, 0.1) is 12.8 Å². The van der Waals surface area contributed by atoms with Crippen molar-refractivity contribution in [3.8, 4) is 5.88 Å². The highest BCUT2D eigenvalue weighted by molar-refractivity contribution is 5.53. The monoisotopic (exact) mass is 272 g/mol. The number of aromatic nitrogens is 1. The van der Waals surface area contributed by atoms with E-state index < -0.39 is 0 Å². The van der Waals surface area contributed by atoms with E-state index in [0.29, 0.717) is 17.8 Å². The van der Waals surface area contributed by atoms with Gasteiger partial charge in [0.1, 0.15) is 5.82 Å². The van der Waals surface area contributed by atoms with Crippen LogP contribution >= 0.6 is 0 Å². The fraction of sp³-hybridized carbons (Fsp3) is 0.312. The molecule has 0 saturated heterocycles. The molecule has 1 aliphatic rings. The van der Waals surface area contributed by atoms with E-state index in [1.54, 1.807) is 13.3 Å². The number of anilines is 1. The predicted molar refractivity (Wildman–Crippen MR) is 76.6 cm³/mol. The Hall–Kier alpha value is -2.10. The average Bonchev–Trinajstić information content (AvgIpc) is 2.44. The molecule has 0 atom stereocenters. The summed E-state index contributed by atoms with van der Waals surface area (Å²) in [6.07, 6.45) is 3.81. The molecule has 1 aromatic carbocycles. The van der Waals surface area contributed by atoms with Gasteiger partial charge in [-0.3, -0.25) is 0 Å². The Bertz CT molecular complexity index is 579. The molecule has 1 fully saturated rings. The lowest BCUT2D eigenvalue weighted by Gasteiger charge is -2.37. The van der Waals surface area contributed by atoms with Crippen LogP contribution in [-0.2, 0) is 0 Å². The van der Waals surface area contributed by atoms with Gasteiger partial charge in [0.2, 0.25) is 5.88 Å². The summed E-state index contributed by atoms with van der Waals surface area (Å²) in [4.78, 5) is 4.17. The molecule has 3 nitrogen and oxygen atoms in total. The quantitative estimate of drug-likeness (QED) is 0.923. The second kappa shape index (κ2) is 5.49. The molecule has 0 amide bonds. The summed E-state index contributed by atoms with van der Waals surface area (Å²) >= 11 is 0. The van der Waals surface area contributed by atoms with Crippen LogP contribution in [-0.4, -0.2) is 18.1 Å². The van der Waals surface area contributed by atoms with Gasteiger partial charge in [-0.2, -0.15) is 0 Å². The highest BCUT2D eigenvalue weighted by Gasteiger charge is 2.30. The van der Waals surface area contributed by atoms with Crippen molar-refractivity contribution in [2.75, 3.05) is 12.4 Å². The molecule has 3 rings (SSSR count). The number of pyridine rings is 1. The van der Waals surface area contributed by atoms with Gasteiger partial charge in [0.25, 0.3) is 0 Å². The molecule has 20 heavy (non-hydrogen) atoms. The Labute approximate surface area is 117 Å². The van der Waals surface area contributed by atoms with Gasteiger partial charge in [0.15, 0.2) is 0 Å². The number of methoxy groups -OCH3 is 1. The molecule has 1 saturated carbocycles. The molecule has 0 unspecified atom stereocenters. The third-order valence-electron chi connectivity index (χ3n) is 3.80. The van der Waals surface area contributed by atoms with E-state index in [0.717, 1.165) is 18.5 Å². The Morgan fingerprint density at radius 2 is 1.95 bits per heavy atom. The minimum atomic E-state index is -0.178. The number of nitrogens with one attached hydrogen (secondary N) is 1. The Morgan fingerprint density at radius 1 is 1.20 bits per heavy atom. The van der Waals surface area contributed by atoms with Crippen molar-refractivity contribution in [2.45, 2.75) is 24.8 Å². The smallest absolute Gasteiger partial charge is 0.237 e. The van der Waals surface area contributed by atoms with Crippen LogP contribution in [0.1, 0.15) is 24.3 Å². The Balaban J connectivity index is 1.59. The van der Waals surface area contributed by atoms with Crippen molar-refractivity contribution in [1.29, 1.82) is 0 Å². The van der Waals surface area contributed by atoms with Crippen molar-refractivity contribution >= 4 is 5.69 Å². The van der Waals surface area contributed by atoms with E-state index in [1.807, 2.05) is 24.3 Å². The van der Waals surface area contributed by atoms with Crippen LogP contribution in [0.5, 0.6) is 5.88 Å². The van der Waals surface area contributed by atoms with Gasteiger partial charge >= 0.3 is 0 Å². The standard InChI is InChI=1S/C16H17FN2O/c1-20-16-15(3-2-8-18-16)19-14-9-12(10-14)11-4-6-13(17)7-5-11/h2-8,12,14,19H,9-10H2,1H3. The molecular formula is C16H17FN2O. The van der Waals surface area contributed by atoms with Crippen LogP contribution in [0.25, 0.3) is 0 Å². The topological polar surface area (TPSA) is 34.1 Å². The first-order chi connectivity index (χ1) is 9.76. The summed E-state index contributed by atoms with van der Waals surface area (Å²) in [6, 6.07) is 11.1. The lowest BCUT2D eigenvalue weighted by molar-refractivity contribution is 0.367. The highest BCUT2D eigenvalue weighted by atomic mass is 19.1. The number of hydrogen-bond acceptors (Lipinski definition) is 3. The number of hydrogen-bond donors (Lipinski definition) is 1.